The number of nitrogens with zero attached hydrogens (tertiary/aromatic N) is 1. The summed E-state index contributed by atoms with van der Waals surface area (Å²) in [5.74, 6) is -0.301. The summed E-state index contributed by atoms with van der Waals surface area (Å²) in [6.45, 7) is 5.16. The lowest BCUT2D eigenvalue weighted by Gasteiger charge is -2.41. The van der Waals surface area contributed by atoms with E-state index in [9.17, 15) is 9.50 Å². The van der Waals surface area contributed by atoms with Gasteiger partial charge in [-0.05, 0) is 24.8 Å². The number of ether oxygens (including phenoxy) is 1. The van der Waals surface area contributed by atoms with Crippen LogP contribution in [0.1, 0.15) is 24.4 Å². The van der Waals surface area contributed by atoms with Gasteiger partial charge in [-0.15, -0.1) is 0 Å². The van der Waals surface area contributed by atoms with Crippen molar-refractivity contribution in [2.24, 2.45) is 5.92 Å². The van der Waals surface area contributed by atoms with E-state index >= 15 is 0 Å². The lowest BCUT2D eigenvalue weighted by molar-refractivity contribution is 0.0206. The van der Waals surface area contributed by atoms with Crippen molar-refractivity contribution >= 4 is 11.6 Å². The Balaban J connectivity index is 1.94. The van der Waals surface area contributed by atoms with Crippen LogP contribution in [-0.4, -0.2) is 49.4 Å². The van der Waals surface area contributed by atoms with Crippen LogP contribution >= 0.6 is 11.6 Å². The number of benzene rings is 1. The average Bonchev–Trinajstić information content (AvgIpc) is 2.57. The van der Waals surface area contributed by atoms with Crippen molar-refractivity contribution in [3.05, 3.63) is 28.5 Å². The molecule has 0 saturated carbocycles. The molecule has 2 heterocycles. The molecular formula is C16H22ClFN2O2. The zero-order valence-electron chi connectivity index (χ0n) is 12.5. The highest BCUT2D eigenvalue weighted by Crippen LogP contribution is 2.42. The van der Waals surface area contributed by atoms with Gasteiger partial charge in [0, 0.05) is 51.0 Å². The van der Waals surface area contributed by atoms with Crippen molar-refractivity contribution in [3.8, 4) is 5.75 Å². The van der Waals surface area contributed by atoms with Crippen molar-refractivity contribution in [2.45, 2.75) is 18.9 Å². The number of aromatic hydroxyl groups is 1. The Kier molecular flexibility index (Phi) is 5.18. The molecule has 2 aliphatic rings. The number of rotatable bonds is 3. The zero-order chi connectivity index (χ0) is 15.5. The summed E-state index contributed by atoms with van der Waals surface area (Å²) in [5, 5.41) is 13.5. The molecule has 2 N–H and O–H groups in total. The fourth-order valence-electron chi connectivity index (χ4n) is 3.53. The molecule has 0 aromatic heterocycles. The van der Waals surface area contributed by atoms with E-state index in [4.69, 9.17) is 16.3 Å². The maximum absolute atomic E-state index is 13.6. The van der Waals surface area contributed by atoms with Gasteiger partial charge in [-0.1, -0.05) is 17.7 Å². The van der Waals surface area contributed by atoms with Crippen molar-refractivity contribution < 1.29 is 14.2 Å². The first-order chi connectivity index (χ1) is 10.7. The minimum Gasteiger partial charge on any atom is -0.506 e. The number of halogens is 2. The fourth-order valence-corrected chi connectivity index (χ4v) is 3.71. The average molecular weight is 329 g/mol. The Morgan fingerprint density at radius 2 is 1.95 bits per heavy atom. The normalized spacial score (nSPS) is 22.6. The number of piperazine rings is 1. The third-order valence-corrected chi connectivity index (χ3v) is 5.04. The fraction of sp³-hybridized carbons (Fsp3) is 0.625. The van der Waals surface area contributed by atoms with Crippen LogP contribution in [0.4, 0.5) is 4.39 Å². The van der Waals surface area contributed by atoms with Crippen LogP contribution in [0.2, 0.25) is 5.02 Å². The zero-order valence-corrected chi connectivity index (χ0v) is 13.3. The van der Waals surface area contributed by atoms with Crippen LogP contribution in [0, 0.1) is 11.7 Å². The van der Waals surface area contributed by atoms with Crippen LogP contribution in [0.25, 0.3) is 0 Å². The van der Waals surface area contributed by atoms with Gasteiger partial charge in [0.1, 0.15) is 16.6 Å². The predicted molar refractivity (Wildman–Crippen MR) is 83.8 cm³/mol. The van der Waals surface area contributed by atoms with E-state index < -0.39 is 5.82 Å². The first-order valence-electron chi connectivity index (χ1n) is 7.88. The van der Waals surface area contributed by atoms with E-state index in [2.05, 4.69) is 10.2 Å². The van der Waals surface area contributed by atoms with Gasteiger partial charge in [-0.25, -0.2) is 4.39 Å². The second-order valence-electron chi connectivity index (χ2n) is 5.98. The Morgan fingerprint density at radius 1 is 1.27 bits per heavy atom. The van der Waals surface area contributed by atoms with Crippen LogP contribution in [0.5, 0.6) is 5.75 Å². The minimum absolute atomic E-state index is 0.0594. The highest BCUT2D eigenvalue weighted by molar-refractivity contribution is 6.32. The largest absolute Gasteiger partial charge is 0.506 e. The summed E-state index contributed by atoms with van der Waals surface area (Å²) < 4.78 is 19.0. The summed E-state index contributed by atoms with van der Waals surface area (Å²) in [6.07, 6.45) is 1.89. The third-order valence-electron chi connectivity index (χ3n) is 4.68. The van der Waals surface area contributed by atoms with E-state index in [1.807, 2.05) is 0 Å². The van der Waals surface area contributed by atoms with Gasteiger partial charge < -0.3 is 15.2 Å². The van der Waals surface area contributed by atoms with Crippen molar-refractivity contribution in [1.29, 1.82) is 0 Å². The highest BCUT2D eigenvalue weighted by Gasteiger charge is 2.33. The van der Waals surface area contributed by atoms with E-state index in [0.29, 0.717) is 5.92 Å². The van der Waals surface area contributed by atoms with Gasteiger partial charge >= 0.3 is 0 Å². The SMILES string of the molecule is Oc1c([C@@H](C2CCOCC2)N2CCNCC2)ccc(F)c1Cl. The van der Waals surface area contributed by atoms with Crippen molar-refractivity contribution in [2.75, 3.05) is 39.4 Å². The third kappa shape index (κ3) is 3.23. The molecule has 0 unspecified atom stereocenters. The molecule has 2 fully saturated rings. The first-order valence-corrected chi connectivity index (χ1v) is 8.25. The van der Waals surface area contributed by atoms with Gasteiger partial charge in [0.15, 0.2) is 0 Å². The Hall–Kier alpha value is -0.880. The van der Waals surface area contributed by atoms with Crippen molar-refractivity contribution in [3.63, 3.8) is 0 Å². The Labute approximate surface area is 135 Å². The van der Waals surface area contributed by atoms with Crippen LogP contribution in [0.3, 0.4) is 0 Å². The minimum atomic E-state index is -0.575. The molecule has 1 aromatic carbocycles. The molecule has 0 aliphatic carbocycles. The number of phenols is 1. The van der Waals surface area contributed by atoms with E-state index in [0.717, 1.165) is 57.8 Å². The quantitative estimate of drug-likeness (QED) is 0.895. The second kappa shape index (κ2) is 7.13. The lowest BCUT2D eigenvalue weighted by atomic mass is 9.85. The number of nitrogens with one attached hydrogen (secondary N) is 1. The van der Waals surface area contributed by atoms with Gasteiger partial charge in [0.25, 0.3) is 0 Å². The topological polar surface area (TPSA) is 44.7 Å². The van der Waals surface area contributed by atoms with Crippen LogP contribution in [-0.2, 0) is 4.74 Å². The smallest absolute Gasteiger partial charge is 0.145 e. The molecule has 2 saturated heterocycles. The molecule has 0 spiro atoms. The predicted octanol–water partition coefficient (Wildman–Crippen LogP) is 2.56. The molecule has 22 heavy (non-hydrogen) atoms. The van der Waals surface area contributed by atoms with Gasteiger partial charge in [-0.3, -0.25) is 4.90 Å². The molecule has 1 aromatic rings. The van der Waals surface area contributed by atoms with Gasteiger partial charge in [-0.2, -0.15) is 0 Å². The molecule has 3 rings (SSSR count). The second-order valence-corrected chi connectivity index (χ2v) is 6.36. The highest BCUT2D eigenvalue weighted by atomic mass is 35.5. The summed E-state index contributed by atoms with van der Waals surface area (Å²) in [5.41, 5.74) is 0.736. The Morgan fingerprint density at radius 3 is 2.64 bits per heavy atom. The molecule has 2 aliphatic heterocycles. The Bertz CT molecular complexity index is 499. The summed E-state index contributed by atoms with van der Waals surface area (Å²) in [6, 6.07) is 3.09. The van der Waals surface area contributed by atoms with Crippen LogP contribution in [0.15, 0.2) is 12.1 Å². The van der Waals surface area contributed by atoms with E-state index in [1.165, 1.54) is 6.07 Å². The first kappa shape index (κ1) is 16.0. The molecule has 122 valence electrons. The monoisotopic (exact) mass is 328 g/mol. The molecule has 1 atom stereocenters. The number of hydrogen-bond donors (Lipinski definition) is 2. The molecule has 0 bridgehead atoms. The summed E-state index contributed by atoms with van der Waals surface area (Å²) in [7, 11) is 0. The molecular weight excluding hydrogens is 307 g/mol. The van der Waals surface area contributed by atoms with E-state index in [-0.39, 0.29) is 16.8 Å². The maximum atomic E-state index is 13.6. The number of phenolic OH excluding ortho intramolecular Hbond substituents is 1. The standard InChI is InChI=1S/C16H22ClFN2O2/c17-14-13(18)2-1-12(16(14)21)15(11-3-9-22-10-4-11)20-7-5-19-6-8-20/h1-2,11,15,19,21H,3-10H2/t15-/m1/s1. The van der Waals surface area contributed by atoms with Crippen molar-refractivity contribution in [1.82, 2.24) is 10.2 Å². The molecule has 4 nitrogen and oxygen atoms in total. The lowest BCUT2D eigenvalue weighted by Crippen LogP contribution is -2.47. The van der Waals surface area contributed by atoms with Gasteiger partial charge in [0.2, 0.25) is 0 Å². The molecule has 6 heteroatoms. The molecule has 0 radical (unpaired) electrons. The number of hydrogen-bond acceptors (Lipinski definition) is 4. The summed E-state index contributed by atoms with van der Waals surface area (Å²) >= 11 is 5.92. The maximum Gasteiger partial charge on any atom is 0.145 e. The van der Waals surface area contributed by atoms with Crippen LogP contribution < -0.4 is 5.32 Å². The molecule has 0 amide bonds. The van der Waals surface area contributed by atoms with Gasteiger partial charge in [0.05, 0.1) is 0 Å². The summed E-state index contributed by atoms with van der Waals surface area (Å²) in [4.78, 5) is 2.37. The van der Waals surface area contributed by atoms with E-state index in [1.54, 1.807) is 6.07 Å².